The largest absolute Gasteiger partial charge is 0.479 e. The summed E-state index contributed by atoms with van der Waals surface area (Å²) >= 11 is 6.05. The number of hydrogen-bond acceptors (Lipinski definition) is 3. The van der Waals surface area contributed by atoms with E-state index in [9.17, 15) is 9.59 Å². The average Bonchev–Trinajstić information content (AvgIpc) is 2.59. The van der Waals surface area contributed by atoms with Gasteiger partial charge in [-0.25, -0.2) is 0 Å². The van der Waals surface area contributed by atoms with Crippen molar-refractivity contribution in [2.45, 2.75) is 32.9 Å². The number of amides is 2. The summed E-state index contributed by atoms with van der Waals surface area (Å²) in [7, 11) is 0. The smallest absolute Gasteiger partial charge is 0.268 e. The van der Waals surface area contributed by atoms with E-state index in [-0.39, 0.29) is 11.8 Å². The van der Waals surface area contributed by atoms with Crippen molar-refractivity contribution in [1.29, 1.82) is 0 Å². The lowest BCUT2D eigenvalue weighted by atomic mass is 10.1. The fourth-order valence-corrected chi connectivity index (χ4v) is 2.93. The first kappa shape index (κ1) is 17.3. The highest BCUT2D eigenvalue weighted by Gasteiger charge is 2.31. The first-order valence-corrected chi connectivity index (χ1v) is 8.52. The lowest BCUT2D eigenvalue weighted by molar-refractivity contribution is -0.125. The van der Waals surface area contributed by atoms with Gasteiger partial charge in [-0.3, -0.25) is 9.59 Å². The summed E-state index contributed by atoms with van der Waals surface area (Å²) in [6.07, 6.45) is -0.182. The maximum atomic E-state index is 12.6. The van der Waals surface area contributed by atoms with Gasteiger partial charge in [0.05, 0.1) is 12.2 Å². The number of benzene rings is 2. The fraction of sp³-hybridized carbons (Fsp3) is 0.263. The first-order chi connectivity index (χ1) is 12.0. The van der Waals surface area contributed by atoms with Crippen molar-refractivity contribution in [2.75, 3.05) is 10.2 Å². The van der Waals surface area contributed by atoms with Gasteiger partial charge in [0, 0.05) is 17.1 Å². The van der Waals surface area contributed by atoms with Gasteiger partial charge in [-0.15, -0.1) is 0 Å². The zero-order valence-corrected chi connectivity index (χ0v) is 14.8. The first-order valence-electron chi connectivity index (χ1n) is 8.14. The molecule has 0 saturated carbocycles. The number of carbonyl (C=O) groups excluding carboxylic acids is 2. The SMILES string of the molecule is CCC(=O)Nc1ccc2c(c1)N(Cc1cccc(Cl)c1)C(=O)C(C)O2. The van der Waals surface area contributed by atoms with Crippen molar-refractivity contribution in [3.8, 4) is 5.75 Å². The summed E-state index contributed by atoms with van der Waals surface area (Å²) in [5, 5.41) is 3.43. The van der Waals surface area contributed by atoms with Gasteiger partial charge in [-0.05, 0) is 42.8 Å². The molecule has 0 radical (unpaired) electrons. The van der Waals surface area contributed by atoms with Crippen LogP contribution in [0.1, 0.15) is 25.8 Å². The number of nitrogens with zero attached hydrogens (tertiary/aromatic N) is 1. The van der Waals surface area contributed by atoms with Gasteiger partial charge in [0.25, 0.3) is 5.91 Å². The average molecular weight is 359 g/mol. The number of fused-ring (bicyclic) bond motifs is 1. The standard InChI is InChI=1S/C19H19ClN2O3/c1-3-18(23)21-15-7-8-17-16(10-15)22(19(24)12(2)25-17)11-13-5-4-6-14(20)9-13/h4-10,12H,3,11H2,1-2H3,(H,21,23). The molecule has 1 atom stereocenters. The molecule has 0 bridgehead atoms. The van der Waals surface area contributed by atoms with Gasteiger partial charge < -0.3 is 15.0 Å². The van der Waals surface area contributed by atoms with Crippen molar-refractivity contribution in [3.63, 3.8) is 0 Å². The highest BCUT2D eigenvalue weighted by atomic mass is 35.5. The Balaban J connectivity index is 1.96. The van der Waals surface area contributed by atoms with Crippen molar-refractivity contribution >= 4 is 34.8 Å². The summed E-state index contributed by atoms with van der Waals surface area (Å²) in [5.41, 5.74) is 2.19. The van der Waals surface area contributed by atoms with E-state index in [1.165, 1.54) is 0 Å². The fourth-order valence-electron chi connectivity index (χ4n) is 2.72. The molecule has 0 aliphatic carbocycles. The second-order valence-corrected chi connectivity index (χ2v) is 6.34. The molecule has 6 heteroatoms. The van der Waals surface area contributed by atoms with Crippen LogP contribution in [-0.4, -0.2) is 17.9 Å². The van der Waals surface area contributed by atoms with Gasteiger partial charge in [-0.2, -0.15) is 0 Å². The number of nitrogens with one attached hydrogen (secondary N) is 1. The van der Waals surface area contributed by atoms with Gasteiger partial charge in [0.15, 0.2) is 6.10 Å². The van der Waals surface area contributed by atoms with E-state index in [4.69, 9.17) is 16.3 Å². The topological polar surface area (TPSA) is 58.6 Å². The minimum absolute atomic E-state index is 0.0854. The van der Waals surface area contributed by atoms with Crippen LogP contribution in [0.5, 0.6) is 5.75 Å². The molecule has 2 aromatic carbocycles. The third-order valence-corrected chi connectivity index (χ3v) is 4.24. The molecule has 1 aliphatic heterocycles. The molecular weight excluding hydrogens is 340 g/mol. The van der Waals surface area contributed by atoms with E-state index >= 15 is 0 Å². The number of halogens is 1. The van der Waals surface area contributed by atoms with Crippen LogP contribution >= 0.6 is 11.6 Å². The van der Waals surface area contributed by atoms with Crippen LogP contribution in [0.4, 0.5) is 11.4 Å². The highest BCUT2D eigenvalue weighted by Crippen LogP contribution is 2.37. The maximum Gasteiger partial charge on any atom is 0.268 e. The van der Waals surface area contributed by atoms with Crippen LogP contribution in [0.15, 0.2) is 42.5 Å². The molecule has 0 fully saturated rings. The number of hydrogen-bond donors (Lipinski definition) is 1. The molecule has 1 heterocycles. The molecule has 1 aliphatic rings. The van der Waals surface area contributed by atoms with Crippen molar-refractivity contribution in [2.24, 2.45) is 0 Å². The number of rotatable bonds is 4. The van der Waals surface area contributed by atoms with E-state index in [0.717, 1.165) is 5.56 Å². The molecule has 0 aromatic heterocycles. The molecule has 0 saturated heterocycles. The molecule has 2 aromatic rings. The summed E-state index contributed by atoms with van der Waals surface area (Å²) < 4.78 is 5.69. The molecule has 2 amide bonds. The van der Waals surface area contributed by atoms with Gasteiger partial charge >= 0.3 is 0 Å². The Morgan fingerprint density at radius 1 is 1.28 bits per heavy atom. The minimum Gasteiger partial charge on any atom is -0.479 e. The molecule has 1 unspecified atom stereocenters. The normalized spacial score (nSPS) is 16.2. The Bertz CT molecular complexity index is 822. The lowest BCUT2D eigenvalue weighted by Gasteiger charge is -2.33. The quantitative estimate of drug-likeness (QED) is 0.898. The third-order valence-electron chi connectivity index (χ3n) is 4.00. The maximum absolute atomic E-state index is 12.6. The minimum atomic E-state index is -0.567. The Hall–Kier alpha value is -2.53. The predicted octanol–water partition coefficient (Wildman–Crippen LogP) is 4.00. The molecule has 25 heavy (non-hydrogen) atoms. The molecule has 1 N–H and O–H groups in total. The molecule has 5 nitrogen and oxygen atoms in total. The van der Waals surface area contributed by atoms with Crippen molar-refractivity contribution in [1.82, 2.24) is 0 Å². The Labute approximate surface area is 151 Å². The van der Waals surface area contributed by atoms with E-state index in [1.807, 2.05) is 18.2 Å². The summed E-state index contributed by atoms with van der Waals surface area (Å²) in [6.45, 7) is 3.89. The third kappa shape index (κ3) is 3.77. The molecule has 0 spiro atoms. The Morgan fingerprint density at radius 3 is 2.80 bits per heavy atom. The van der Waals surface area contributed by atoms with Crippen LogP contribution in [-0.2, 0) is 16.1 Å². The van der Waals surface area contributed by atoms with Crippen LogP contribution in [0.3, 0.4) is 0 Å². The van der Waals surface area contributed by atoms with E-state index in [0.29, 0.717) is 35.1 Å². The summed E-state index contributed by atoms with van der Waals surface area (Å²) in [5.74, 6) is 0.396. The Kier molecular flexibility index (Phi) is 4.95. The van der Waals surface area contributed by atoms with E-state index < -0.39 is 6.10 Å². The number of ether oxygens (including phenoxy) is 1. The van der Waals surface area contributed by atoms with Crippen LogP contribution in [0.2, 0.25) is 5.02 Å². The second-order valence-electron chi connectivity index (χ2n) is 5.90. The Morgan fingerprint density at radius 2 is 2.08 bits per heavy atom. The highest BCUT2D eigenvalue weighted by molar-refractivity contribution is 6.30. The van der Waals surface area contributed by atoms with E-state index in [1.54, 1.807) is 43.0 Å². The summed E-state index contributed by atoms with van der Waals surface area (Å²) in [4.78, 5) is 25.9. The number of carbonyl (C=O) groups is 2. The van der Waals surface area contributed by atoms with Gasteiger partial charge in [0.1, 0.15) is 5.75 Å². The van der Waals surface area contributed by atoms with Crippen LogP contribution in [0.25, 0.3) is 0 Å². The monoisotopic (exact) mass is 358 g/mol. The second kappa shape index (κ2) is 7.15. The van der Waals surface area contributed by atoms with Gasteiger partial charge in [-0.1, -0.05) is 30.7 Å². The molecule has 130 valence electrons. The van der Waals surface area contributed by atoms with Crippen LogP contribution < -0.4 is 15.0 Å². The predicted molar refractivity (Wildman–Crippen MR) is 98.1 cm³/mol. The van der Waals surface area contributed by atoms with Crippen molar-refractivity contribution in [3.05, 3.63) is 53.1 Å². The zero-order chi connectivity index (χ0) is 18.0. The van der Waals surface area contributed by atoms with Gasteiger partial charge in [0.2, 0.25) is 5.91 Å². The van der Waals surface area contributed by atoms with E-state index in [2.05, 4.69) is 5.32 Å². The van der Waals surface area contributed by atoms with Crippen LogP contribution in [0, 0.1) is 0 Å². The summed E-state index contributed by atoms with van der Waals surface area (Å²) in [6, 6.07) is 12.7. The number of anilines is 2. The zero-order valence-electron chi connectivity index (χ0n) is 14.1. The lowest BCUT2D eigenvalue weighted by Crippen LogP contribution is -2.44. The molecular formula is C19H19ClN2O3. The van der Waals surface area contributed by atoms with Crippen molar-refractivity contribution < 1.29 is 14.3 Å². The molecule has 3 rings (SSSR count).